The highest BCUT2D eigenvalue weighted by atomic mass is 32.1. The van der Waals surface area contributed by atoms with Gasteiger partial charge in [0.1, 0.15) is 0 Å². The lowest BCUT2D eigenvalue weighted by atomic mass is 10.1. The Morgan fingerprint density at radius 3 is 2.88 bits per heavy atom. The first-order valence-corrected chi connectivity index (χ1v) is 6.32. The normalized spacial score (nSPS) is 14.2. The standard InChI is InChI=1S/C13H11F2NS/c1-16-6-4-8-5-7-17-13(8)11-10(16)3-2-9(14)12(11)15/h2-3,5,7H,4,6H2,1H3. The second kappa shape index (κ2) is 3.81. The molecule has 17 heavy (non-hydrogen) atoms. The van der Waals surface area contributed by atoms with Gasteiger partial charge in [0, 0.05) is 24.2 Å². The fourth-order valence-electron chi connectivity index (χ4n) is 2.24. The van der Waals surface area contributed by atoms with E-state index in [1.807, 2.05) is 23.4 Å². The van der Waals surface area contributed by atoms with Gasteiger partial charge in [-0.2, -0.15) is 0 Å². The minimum Gasteiger partial charge on any atom is -0.374 e. The summed E-state index contributed by atoms with van der Waals surface area (Å²) in [5.74, 6) is -1.52. The molecular formula is C13H11F2NS. The summed E-state index contributed by atoms with van der Waals surface area (Å²) >= 11 is 1.47. The summed E-state index contributed by atoms with van der Waals surface area (Å²) < 4.78 is 27.4. The molecule has 1 aliphatic heterocycles. The maximum atomic E-state index is 14.0. The Kier molecular flexibility index (Phi) is 2.40. The summed E-state index contributed by atoms with van der Waals surface area (Å²) in [5.41, 5.74) is 2.28. The summed E-state index contributed by atoms with van der Waals surface area (Å²) in [7, 11) is 1.91. The Morgan fingerprint density at radius 1 is 1.24 bits per heavy atom. The van der Waals surface area contributed by atoms with Crippen molar-refractivity contribution in [2.24, 2.45) is 0 Å². The molecule has 0 spiro atoms. The first kappa shape index (κ1) is 10.7. The molecule has 0 unspecified atom stereocenters. The van der Waals surface area contributed by atoms with Crippen LogP contribution >= 0.6 is 11.3 Å². The van der Waals surface area contributed by atoms with Gasteiger partial charge in [-0.25, -0.2) is 8.78 Å². The van der Waals surface area contributed by atoms with Gasteiger partial charge in [0.25, 0.3) is 0 Å². The van der Waals surface area contributed by atoms with E-state index in [0.717, 1.165) is 29.1 Å². The molecule has 0 aliphatic carbocycles. The number of anilines is 1. The number of benzene rings is 1. The molecule has 88 valence electrons. The molecule has 0 saturated heterocycles. The van der Waals surface area contributed by atoms with Crippen LogP contribution in [0.5, 0.6) is 0 Å². The third kappa shape index (κ3) is 1.55. The third-order valence-corrected chi connectivity index (χ3v) is 4.15. The maximum absolute atomic E-state index is 14.0. The SMILES string of the molecule is CN1CCc2ccsc2-c2c1ccc(F)c2F. The van der Waals surface area contributed by atoms with Crippen molar-refractivity contribution < 1.29 is 8.78 Å². The molecule has 1 nitrogen and oxygen atoms in total. The van der Waals surface area contributed by atoms with Gasteiger partial charge in [0.05, 0.1) is 5.56 Å². The molecule has 0 atom stereocenters. The highest BCUT2D eigenvalue weighted by Crippen LogP contribution is 2.41. The minimum absolute atomic E-state index is 0.412. The van der Waals surface area contributed by atoms with E-state index in [1.54, 1.807) is 6.07 Å². The summed E-state index contributed by atoms with van der Waals surface area (Å²) in [6.07, 6.45) is 0.866. The van der Waals surface area contributed by atoms with E-state index in [4.69, 9.17) is 0 Å². The molecule has 0 bridgehead atoms. The Morgan fingerprint density at radius 2 is 2.06 bits per heavy atom. The molecule has 0 fully saturated rings. The molecule has 2 heterocycles. The van der Waals surface area contributed by atoms with Gasteiger partial charge in [-0.05, 0) is 35.6 Å². The molecule has 2 aromatic rings. The Labute approximate surface area is 102 Å². The molecule has 1 aromatic heterocycles. The van der Waals surface area contributed by atoms with Crippen LogP contribution in [0.25, 0.3) is 10.4 Å². The lowest BCUT2D eigenvalue weighted by Gasteiger charge is -2.19. The van der Waals surface area contributed by atoms with Crippen molar-refractivity contribution in [2.45, 2.75) is 6.42 Å². The van der Waals surface area contributed by atoms with Crippen LogP contribution in [0.1, 0.15) is 5.56 Å². The van der Waals surface area contributed by atoms with Crippen LogP contribution < -0.4 is 4.90 Å². The van der Waals surface area contributed by atoms with E-state index < -0.39 is 11.6 Å². The Balaban J connectivity index is 2.35. The summed E-state index contributed by atoms with van der Waals surface area (Å²) in [6.45, 7) is 0.821. The third-order valence-electron chi connectivity index (χ3n) is 3.17. The average Bonchev–Trinajstić information content (AvgIpc) is 2.72. The van der Waals surface area contributed by atoms with Crippen molar-refractivity contribution in [2.75, 3.05) is 18.5 Å². The number of hydrogen-bond donors (Lipinski definition) is 0. The van der Waals surface area contributed by atoms with E-state index in [1.165, 1.54) is 17.4 Å². The topological polar surface area (TPSA) is 3.24 Å². The predicted octanol–water partition coefficient (Wildman–Crippen LogP) is 3.69. The van der Waals surface area contributed by atoms with Gasteiger partial charge in [-0.1, -0.05) is 0 Å². The van der Waals surface area contributed by atoms with Crippen molar-refractivity contribution in [3.05, 3.63) is 40.8 Å². The number of hydrogen-bond acceptors (Lipinski definition) is 2. The van der Waals surface area contributed by atoms with Crippen LogP contribution in [0.15, 0.2) is 23.6 Å². The summed E-state index contributed by atoms with van der Waals surface area (Å²) in [6, 6.07) is 4.85. The van der Waals surface area contributed by atoms with Crippen LogP contribution in [0.3, 0.4) is 0 Å². The Bertz CT molecular complexity index is 577. The van der Waals surface area contributed by atoms with Crippen molar-refractivity contribution in [1.29, 1.82) is 0 Å². The number of halogens is 2. The van der Waals surface area contributed by atoms with Gasteiger partial charge < -0.3 is 4.90 Å². The zero-order valence-electron chi connectivity index (χ0n) is 9.34. The van der Waals surface area contributed by atoms with Crippen LogP contribution in [-0.2, 0) is 6.42 Å². The van der Waals surface area contributed by atoms with Crippen LogP contribution in [-0.4, -0.2) is 13.6 Å². The van der Waals surface area contributed by atoms with Gasteiger partial charge in [-0.3, -0.25) is 0 Å². The molecular weight excluding hydrogens is 240 g/mol. The zero-order valence-corrected chi connectivity index (χ0v) is 10.2. The predicted molar refractivity (Wildman–Crippen MR) is 66.6 cm³/mol. The van der Waals surface area contributed by atoms with Crippen molar-refractivity contribution in [1.82, 2.24) is 0 Å². The lowest BCUT2D eigenvalue weighted by molar-refractivity contribution is 0.511. The molecule has 0 saturated carbocycles. The quantitative estimate of drug-likeness (QED) is 0.690. The van der Waals surface area contributed by atoms with Crippen molar-refractivity contribution in [3.63, 3.8) is 0 Å². The van der Waals surface area contributed by atoms with Gasteiger partial charge in [-0.15, -0.1) is 11.3 Å². The second-order valence-electron chi connectivity index (χ2n) is 4.20. The first-order valence-electron chi connectivity index (χ1n) is 5.44. The average molecular weight is 251 g/mol. The minimum atomic E-state index is -0.779. The van der Waals surface area contributed by atoms with Crippen LogP contribution in [0, 0.1) is 11.6 Å². The molecule has 4 heteroatoms. The summed E-state index contributed by atoms with van der Waals surface area (Å²) in [4.78, 5) is 2.84. The molecule has 1 aromatic carbocycles. The van der Waals surface area contributed by atoms with Gasteiger partial charge in [0.2, 0.25) is 0 Å². The number of rotatable bonds is 0. The molecule has 3 rings (SSSR count). The fourth-order valence-corrected chi connectivity index (χ4v) is 3.24. The number of nitrogens with zero attached hydrogens (tertiary/aromatic N) is 1. The van der Waals surface area contributed by atoms with Crippen LogP contribution in [0.2, 0.25) is 0 Å². The number of likely N-dealkylation sites (N-methyl/N-ethyl adjacent to an activating group) is 1. The van der Waals surface area contributed by atoms with Crippen LogP contribution in [0.4, 0.5) is 14.5 Å². The van der Waals surface area contributed by atoms with E-state index >= 15 is 0 Å². The molecule has 0 amide bonds. The van der Waals surface area contributed by atoms with Gasteiger partial charge >= 0.3 is 0 Å². The molecule has 0 radical (unpaired) electrons. The second-order valence-corrected chi connectivity index (χ2v) is 5.12. The van der Waals surface area contributed by atoms with Gasteiger partial charge in [0.15, 0.2) is 11.6 Å². The largest absolute Gasteiger partial charge is 0.374 e. The number of fused-ring (bicyclic) bond motifs is 3. The highest BCUT2D eigenvalue weighted by molar-refractivity contribution is 7.13. The lowest BCUT2D eigenvalue weighted by Crippen LogP contribution is -2.19. The maximum Gasteiger partial charge on any atom is 0.169 e. The summed E-state index contributed by atoms with van der Waals surface area (Å²) in [5, 5.41) is 1.93. The van der Waals surface area contributed by atoms with E-state index in [0.29, 0.717) is 5.56 Å². The zero-order chi connectivity index (χ0) is 12.0. The highest BCUT2D eigenvalue weighted by Gasteiger charge is 2.23. The van der Waals surface area contributed by atoms with E-state index in [2.05, 4.69) is 0 Å². The number of thiophene rings is 1. The Hall–Kier alpha value is -1.42. The molecule has 1 aliphatic rings. The van der Waals surface area contributed by atoms with Crippen molar-refractivity contribution >= 4 is 17.0 Å². The fraction of sp³-hybridized carbons (Fsp3) is 0.231. The monoisotopic (exact) mass is 251 g/mol. The van der Waals surface area contributed by atoms with Crippen molar-refractivity contribution in [3.8, 4) is 10.4 Å². The smallest absolute Gasteiger partial charge is 0.169 e. The van der Waals surface area contributed by atoms with E-state index in [-0.39, 0.29) is 0 Å². The molecule has 0 N–H and O–H groups in total. The van der Waals surface area contributed by atoms with E-state index in [9.17, 15) is 8.78 Å². The first-order chi connectivity index (χ1) is 8.18.